The highest BCUT2D eigenvalue weighted by atomic mass is 32.2. The van der Waals surface area contributed by atoms with E-state index in [1.807, 2.05) is 32.0 Å². The number of sulfonamides is 1. The van der Waals surface area contributed by atoms with Gasteiger partial charge in [-0.15, -0.1) is 0 Å². The van der Waals surface area contributed by atoms with E-state index < -0.39 is 15.6 Å². The van der Waals surface area contributed by atoms with Crippen LogP contribution >= 0.6 is 0 Å². The molecule has 0 aromatic heterocycles. The summed E-state index contributed by atoms with van der Waals surface area (Å²) in [5, 5.41) is 3.20. The van der Waals surface area contributed by atoms with Crippen LogP contribution in [0.15, 0.2) is 18.2 Å². The predicted molar refractivity (Wildman–Crippen MR) is 132 cm³/mol. The number of benzene rings is 1. The summed E-state index contributed by atoms with van der Waals surface area (Å²) in [7, 11) is -3.63. The number of carbonyl (C=O) groups is 2. The molecule has 2 fully saturated rings. The molecule has 1 aromatic carbocycles. The van der Waals surface area contributed by atoms with Crippen LogP contribution in [0, 0.1) is 13.8 Å². The molecule has 1 aliphatic carbocycles. The molecule has 1 heterocycles. The SMILES string of the molecule is CCCS(=O)(=O)N1CC(=O)N(c2ccc(C)cc2C)[C@@](C)(C(=O)NC2CCCCCCC2)C1. The first-order chi connectivity index (χ1) is 15.6. The third kappa shape index (κ3) is 5.77. The van der Waals surface area contributed by atoms with Crippen molar-refractivity contribution in [2.75, 3.05) is 23.7 Å². The maximum absolute atomic E-state index is 13.8. The van der Waals surface area contributed by atoms with Gasteiger partial charge < -0.3 is 5.32 Å². The Hall–Kier alpha value is -1.93. The monoisotopic (exact) mass is 477 g/mol. The van der Waals surface area contributed by atoms with E-state index in [4.69, 9.17) is 0 Å². The van der Waals surface area contributed by atoms with Gasteiger partial charge in [-0.3, -0.25) is 14.5 Å². The molecule has 1 saturated carbocycles. The predicted octanol–water partition coefficient (Wildman–Crippen LogP) is 3.68. The fourth-order valence-electron chi connectivity index (χ4n) is 5.12. The van der Waals surface area contributed by atoms with Gasteiger partial charge in [-0.2, -0.15) is 4.31 Å². The van der Waals surface area contributed by atoms with Gasteiger partial charge in [-0.05, 0) is 51.7 Å². The average Bonchev–Trinajstić information content (AvgIpc) is 2.70. The van der Waals surface area contributed by atoms with Crippen LogP contribution in [0.2, 0.25) is 0 Å². The molecule has 0 radical (unpaired) electrons. The van der Waals surface area contributed by atoms with Gasteiger partial charge in [0, 0.05) is 18.3 Å². The lowest BCUT2D eigenvalue weighted by atomic mass is 9.91. The number of anilines is 1. The van der Waals surface area contributed by atoms with Crippen LogP contribution in [0.3, 0.4) is 0 Å². The molecular formula is C25H39N3O4S. The summed E-state index contributed by atoms with van der Waals surface area (Å²) in [6.45, 7) is 7.11. The van der Waals surface area contributed by atoms with E-state index in [9.17, 15) is 18.0 Å². The molecule has 184 valence electrons. The number of amides is 2. The van der Waals surface area contributed by atoms with Gasteiger partial charge in [0.05, 0.1) is 12.3 Å². The van der Waals surface area contributed by atoms with E-state index in [2.05, 4.69) is 5.32 Å². The van der Waals surface area contributed by atoms with Crippen molar-refractivity contribution < 1.29 is 18.0 Å². The van der Waals surface area contributed by atoms with Gasteiger partial charge in [-0.25, -0.2) is 8.42 Å². The van der Waals surface area contributed by atoms with Crippen LogP contribution in [0.25, 0.3) is 0 Å². The minimum Gasteiger partial charge on any atom is -0.351 e. The molecule has 33 heavy (non-hydrogen) atoms. The Morgan fingerprint density at radius 2 is 1.76 bits per heavy atom. The molecular weight excluding hydrogens is 438 g/mol. The zero-order chi connectivity index (χ0) is 24.2. The van der Waals surface area contributed by atoms with E-state index in [1.54, 1.807) is 13.8 Å². The van der Waals surface area contributed by atoms with Crippen LogP contribution in [0.5, 0.6) is 0 Å². The second kappa shape index (κ2) is 10.6. The summed E-state index contributed by atoms with van der Waals surface area (Å²) >= 11 is 0. The quantitative estimate of drug-likeness (QED) is 0.677. The maximum atomic E-state index is 13.8. The highest BCUT2D eigenvalue weighted by Crippen LogP contribution is 2.34. The van der Waals surface area contributed by atoms with E-state index in [1.165, 1.54) is 28.5 Å². The van der Waals surface area contributed by atoms with Crippen molar-refractivity contribution in [3.8, 4) is 0 Å². The Balaban J connectivity index is 1.98. The largest absolute Gasteiger partial charge is 0.351 e. The highest BCUT2D eigenvalue weighted by molar-refractivity contribution is 7.89. The maximum Gasteiger partial charge on any atom is 0.247 e. The molecule has 0 unspecified atom stereocenters. The van der Waals surface area contributed by atoms with E-state index in [-0.39, 0.29) is 36.7 Å². The van der Waals surface area contributed by atoms with Crippen LogP contribution in [-0.2, 0) is 19.6 Å². The summed E-state index contributed by atoms with van der Waals surface area (Å²) in [6.07, 6.45) is 7.99. The number of nitrogens with zero attached hydrogens (tertiary/aromatic N) is 2. The second-order valence-corrected chi connectivity index (χ2v) is 12.0. The fourth-order valence-corrected chi connectivity index (χ4v) is 6.65. The van der Waals surface area contributed by atoms with Gasteiger partial charge in [0.1, 0.15) is 5.54 Å². The van der Waals surface area contributed by atoms with Crippen molar-refractivity contribution in [2.45, 2.75) is 90.6 Å². The third-order valence-electron chi connectivity index (χ3n) is 6.92. The first-order valence-corrected chi connectivity index (χ1v) is 13.9. The summed E-state index contributed by atoms with van der Waals surface area (Å²) in [6, 6.07) is 5.81. The molecule has 0 bridgehead atoms. The average molecular weight is 478 g/mol. The topological polar surface area (TPSA) is 86.8 Å². The summed E-state index contributed by atoms with van der Waals surface area (Å²) < 4.78 is 27.0. The van der Waals surface area contributed by atoms with Crippen molar-refractivity contribution >= 4 is 27.5 Å². The molecule has 7 nitrogen and oxygen atoms in total. The third-order valence-corrected chi connectivity index (χ3v) is 8.89. The standard InChI is InChI=1S/C25H39N3O4S/c1-5-15-33(31,32)27-17-23(29)28(22-14-13-19(2)16-20(22)3)25(4,18-27)24(30)26-21-11-9-7-6-8-10-12-21/h13-14,16,21H,5-12,15,17-18H2,1-4H3,(H,26,30)/t25-/m1/s1. The Bertz CT molecular complexity index is 970. The number of aryl methyl sites for hydroxylation is 2. The van der Waals surface area contributed by atoms with Crippen molar-refractivity contribution in [3.05, 3.63) is 29.3 Å². The van der Waals surface area contributed by atoms with E-state index >= 15 is 0 Å². The zero-order valence-electron chi connectivity index (χ0n) is 20.5. The summed E-state index contributed by atoms with van der Waals surface area (Å²) in [5.74, 6) is -0.689. The first-order valence-electron chi connectivity index (χ1n) is 12.3. The Morgan fingerprint density at radius 3 is 2.36 bits per heavy atom. The molecule has 2 aliphatic rings. The van der Waals surface area contributed by atoms with Gasteiger partial charge in [-0.1, -0.05) is 56.7 Å². The van der Waals surface area contributed by atoms with Crippen LogP contribution in [0.4, 0.5) is 5.69 Å². The molecule has 1 aromatic rings. The minimum atomic E-state index is -3.63. The van der Waals surface area contributed by atoms with Crippen molar-refractivity contribution in [1.29, 1.82) is 0 Å². The van der Waals surface area contributed by atoms with Crippen molar-refractivity contribution in [3.63, 3.8) is 0 Å². The van der Waals surface area contributed by atoms with Gasteiger partial charge >= 0.3 is 0 Å². The van der Waals surface area contributed by atoms with Gasteiger partial charge in [0.25, 0.3) is 0 Å². The number of hydrogen-bond donors (Lipinski definition) is 1. The van der Waals surface area contributed by atoms with E-state index in [0.29, 0.717) is 12.1 Å². The van der Waals surface area contributed by atoms with Gasteiger partial charge in [0.15, 0.2) is 0 Å². The Morgan fingerprint density at radius 1 is 1.12 bits per heavy atom. The number of carbonyl (C=O) groups excluding carboxylic acids is 2. The number of nitrogens with one attached hydrogen (secondary N) is 1. The van der Waals surface area contributed by atoms with Gasteiger partial charge in [0.2, 0.25) is 21.8 Å². The number of hydrogen-bond acceptors (Lipinski definition) is 4. The minimum absolute atomic E-state index is 0.0375. The first kappa shape index (κ1) is 25.7. The molecule has 8 heteroatoms. The Labute approximate surface area is 199 Å². The highest BCUT2D eigenvalue weighted by Gasteiger charge is 2.51. The lowest BCUT2D eigenvalue weighted by molar-refractivity contribution is -0.133. The molecule has 1 aliphatic heterocycles. The lowest BCUT2D eigenvalue weighted by Gasteiger charge is -2.47. The van der Waals surface area contributed by atoms with Crippen LogP contribution < -0.4 is 10.2 Å². The lowest BCUT2D eigenvalue weighted by Crippen LogP contribution is -2.71. The molecule has 1 saturated heterocycles. The number of rotatable bonds is 6. The smallest absolute Gasteiger partial charge is 0.247 e. The van der Waals surface area contributed by atoms with Crippen molar-refractivity contribution in [1.82, 2.24) is 9.62 Å². The summed E-state index contributed by atoms with van der Waals surface area (Å²) in [5.41, 5.74) is 1.28. The second-order valence-electron chi connectivity index (χ2n) is 9.89. The van der Waals surface area contributed by atoms with Crippen LogP contribution in [0.1, 0.15) is 76.3 Å². The summed E-state index contributed by atoms with van der Waals surface area (Å²) in [4.78, 5) is 28.8. The zero-order valence-corrected chi connectivity index (χ0v) is 21.3. The number of piperazine rings is 1. The van der Waals surface area contributed by atoms with E-state index in [0.717, 1.165) is 36.8 Å². The molecule has 3 rings (SSSR count). The molecule has 0 spiro atoms. The molecule has 1 atom stereocenters. The molecule has 2 amide bonds. The van der Waals surface area contributed by atoms with Crippen LogP contribution in [-0.4, -0.2) is 55.0 Å². The Kier molecular flexibility index (Phi) is 8.22. The fraction of sp³-hybridized carbons (Fsp3) is 0.680. The van der Waals surface area contributed by atoms with Crippen molar-refractivity contribution in [2.24, 2.45) is 0 Å². The molecule has 1 N–H and O–H groups in total. The normalized spacial score (nSPS) is 23.8.